The van der Waals surface area contributed by atoms with E-state index in [-0.39, 0.29) is 18.0 Å². The van der Waals surface area contributed by atoms with Crippen LogP contribution in [-0.4, -0.2) is 22.6 Å². The first kappa shape index (κ1) is 14.5. The van der Waals surface area contributed by atoms with Gasteiger partial charge in [-0.05, 0) is 46.9 Å². The summed E-state index contributed by atoms with van der Waals surface area (Å²) in [7, 11) is 1.57. The molecule has 0 bridgehead atoms. The first-order chi connectivity index (χ1) is 9.60. The van der Waals surface area contributed by atoms with E-state index in [0.717, 1.165) is 0 Å². The van der Waals surface area contributed by atoms with Crippen LogP contribution in [0.5, 0.6) is 5.75 Å². The highest BCUT2D eigenvalue weighted by Gasteiger charge is 2.07. The van der Waals surface area contributed by atoms with E-state index in [2.05, 4.69) is 10.3 Å². The number of hydrogen-bond donors (Lipinski definition) is 1. The Labute approximate surface area is 128 Å². The molecule has 0 radical (unpaired) electrons. The zero-order valence-corrected chi connectivity index (χ0v) is 12.8. The number of anilines is 1. The van der Waals surface area contributed by atoms with Gasteiger partial charge in [-0.15, -0.1) is 0 Å². The third-order valence-corrected chi connectivity index (χ3v) is 3.29. The van der Waals surface area contributed by atoms with Gasteiger partial charge >= 0.3 is 0 Å². The topological polar surface area (TPSA) is 73.2 Å². The molecule has 0 spiro atoms. The van der Waals surface area contributed by atoms with E-state index in [1.54, 1.807) is 31.4 Å². The lowest BCUT2D eigenvalue weighted by Crippen LogP contribution is -2.29. The van der Waals surface area contributed by atoms with Crippen LogP contribution in [0.25, 0.3) is 0 Å². The second-order valence-corrected chi connectivity index (χ2v) is 5.11. The van der Waals surface area contributed by atoms with E-state index in [4.69, 9.17) is 4.74 Å². The molecule has 0 fully saturated rings. The number of carbonyl (C=O) groups is 1. The number of benzene rings is 1. The van der Waals surface area contributed by atoms with Crippen LogP contribution in [0.15, 0.2) is 41.6 Å². The molecule has 1 aromatic carbocycles. The maximum absolute atomic E-state index is 11.9. The number of methoxy groups -OCH3 is 1. The Morgan fingerprint density at radius 1 is 1.40 bits per heavy atom. The van der Waals surface area contributed by atoms with Gasteiger partial charge in [-0.1, -0.05) is 0 Å². The largest absolute Gasteiger partial charge is 0.497 e. The van der Waals surface area contributed by atoms with Crippen LogP contribution in [0, 0.1) is 3.57 Å². The Morgan fingerprint density at radius 3 is 2.75 bits per heavy atom. The van der Waals surface area contributed by atoms with Crippen molar-refractivity contribution in [1.29, 1.82) is 0 Å². The molecule has 2 rings (SSSR count). The minimum Gasteiger partial charge on any atom is -0.497 e. The van der Waals surface area contributed by atoms with Crippen LogP contribution >= 0.6 is 22.6 Å². The number of amides is 1. The molecule has 0 aliphatic carbocycles. The van der Waals surface area contributed by atoms with E-state index in [9.17, 15) is 9.59 Å². The zero-order valence-electron chi connectivity index (χ0n) is 10.7. The second kappa shape index (κ2) is 6.51. The van der Waals surface area contributed by atoms with Crippen LogP contribution in [0.4, 0.5) is 5.69 Å². The van der Waals surface area contributed by atoms with Crippen molar-refractivity contribution < 1.29 is 9.53 Å². The Bertz CT molecular complexity index is 667. The minimum absolute atomic E-state index is 0.0747. The van der Waals surface area contributed by atoms with E-state index in [0.29, 0.717) is 15.0 Å². The van der Waals surface area contributed by atoms with Crippen molar-refractivity contribution in [2.75, 3.05) is 12.4 Å². The zero-order chi connectivity index (χ0) is 14.5. The predicted molar refractivity (Wildman–Crippen MR) is 82.8 cm³/mol. The second-order valence-electron chi connectivity index (χ2n) is 3.95. The van der Waals surface area contributed by atoms with E-state index in [1.165, 1.54) is 17.1 Å². The highest BCUT2D eigenvalue weighted by Crippen LogP contribution is 2.14. The number of hydrogen-bond acceptors (Lipinski definition) is 4. The fraction of sp³-hybridized carbons (Fsp3) is 0.154. The maximum Gasteiger partial charge on any atom is 0.267 e. The lowest BCUT2D eigenvalue weighted by Gasteiger charge is -2.07. The van der Waals surface area contributed by atoms with Gasteiger partial charge in [-0.2, -0.15) is 0 Å². The number of halogens is 1. The molecule has 20 heavy (non-hydrogen) atoms. The van der Waals surface area contributed by atoms with Gasteiger partial charge in [-0.25, -0.2) is 4.98 Å². The van der Waals surface area contributed by atoms with Gasteiger partial charge < -0.3 is 10.1 Å². The summed E-state index contributed by atoms with van der Waals surface area (Å²) in [5.74, 6) is 0.419. The summed E-state index contributed by atoms with van der Waals surface area (Å²) >= 11 is 1.89. The monoisotopic (exact) mass is 385 g/mol. The van der Waals surface area contributed by atoms with E-state index in [1.807, 2.05) is 22.6 Å². The molecule has 7 heteroatoms. The highest BCUT2D eigenvalue weighted by molar-refractivity contribution is 14.1. The van der Waals surface area contributed by atoms with Crippen molar-refractivity contribution in [3.63, 3.8) is 0 Å². The molecule has 1 amide bonds. The normalized spacial score (nSPS) is 10.1. The molecule has 0 unspecified atom stereocenters. The average molecular weight is 385 g/mol. The molecule has 0 saturated heterocycles. The standard InChI is InChI=1S/C13H12IN3O3/c1-20-10-4-2-9(3-5-10)16-12(18)7-17-8-15-6-11(14)13(17)19/h2-6,8H,7H2,1H3,(H,16,18). The fourth-order valence-corrected chi connectivity index (χ4v) is 2.04. The van der Waals surface area contributed by atoms with Crippen LogP contribution < -0.4 is 15.6 Å². The number of aromatic nitrogens is 2. The predicted octanol–water partition coefficient (Wildman–Crippen LogP) is 1.50. The smallest absolute Gasteiger partial charge is 0.267 e. The Morgan fingerprint density at radius 2 is 2.10 bits per heavy atom. The number of nitrogens with zero attached hydrogens (tertiary/aromatic N) is 2. The molecule has 1 heterocycles. The minimum atomic E-state index is -0.291. The first-order valence-electron chi connectivity index (χ1n) is 5.74. The van der Waals surface area contributed by atoms with Gasteiger partial charge in [0.05, 0.1) is 17.0 Å². The van der Waals surface area contributed by atoms with Crippen molar-refractivity contribution in [1.82, 2.24) is 9.55 Å². The van der Waals surface area contributed by atoms with Gasteiger partial charge in [0.1, 0.15) is 12.3 Å². The van der Waals surface area contributed by atoms with Crippen LogP contribution in [0.2, 0.25) is 0 Å². The fourth-order valence-electron chi connectivity index (χ4n) is 1.57. The molecular formula is C13H12IN3O3. The number of ether oxygens (including phenoxy) is 1. The quantitative estimate of drug-likeness (QED) is 0.810. The number of carbonyl (C=O) groups excluding carboxylic acids is 1. The van der Waals surface area contributed by atoms with E-state index >= 15 is 0 Å². The molecule has 2 aromatic rings. The number of nitrogens with one attached hydrogen (secondary N) is 1. The van der Waals surface area contributed by atoms with Gasteiger partial charge in [0.15, 0.2) is 0 Å². The summed E-state index contributed by atoms with van der Waals surface area (Å²) < 4.78 is 6.77. The van der Waals surface area contributed by atoms with Gasteiger partial charge in [-0.3, -0.25) is 14.2 Å². The summed E-state index contributed by atoms with van der Waals surface area (Å²) in [5.41, 5.74) is 0.410. The van der Waals surface area contributed by atoms with Crippen molar-refractivity contribution >= 4 is 34.2 Å². The summed E-state index contributed by atoms with van der Waals surface area (Å²) in [6, 6.07) is 6.95. The van der Waals surface area contributed by atoms with Gasteiger partial charge in [0.25, 0.3) is 5.56 Å². The van der Waals surface area contributed by atoms with Crippen molar-refractivity contribution in [2.24, 2.45) is 0 Å². The van der Waals surface area contributed by atoms with E-state index < -0.39 is 0 Å². The molecular weight excluding hydrogens is 373 g/mol. The summed E-state index contributed by atoms with van der Waals surface area (Å²) in [6.45, 7) is -0.0747. The van der Waals surface area contributed by atoms with Crippen LogP contribution in [0.3, 0.4) is 0 Å². The average Bonchev–Trinajstić information content (AvgIpc) is 2.45. The summed E-state index contributed by atoms with van der Waals surface area (Å²) in [4.78, 5) is 27.5. The molecule has 0 saturated carbocycles. The molecule has 6 nitrogen and oxygen atoms in total. The number of rotatable bonds is 4. The van der Waals surface area contributed by atoms with Crippen LogP contribution in [-0.2, 0) is 11.3 Å². The Balaban J connectivity index is 2.05. The van der Waals surface area contributed by atoms with Crippen molar-refractivity contribution in [3.8, 4) is 5.75 Å². The highest BCUT2D eigenvalue weighted by atomic mass is 127. The van der Waals surface area contributed by atoms with Crippen molar-refractivity contribution in [3.05, 3.63) is 50.7 Å². The third kappa shape index (κ3) is 3.56. The summed E-state index contributed by atoms with van der Waals surface area (Å²) in [5, 5.41) is 2.70. The lowest BCUT2D eigenvalue weighted by molar-refractivity contribution is -0.116. The van der Waals surface area contributed by atoms with Gasteiger partial charge in [0, 0.05) is 11.9 Å². The SMILES string of the molecule is COc1ccc(NC(=O)Cn2cncc(I)c2=O)cc1. The van der Waals surface area contributed by atoms with Gasteiger partial charge in [0.2, 0.25) is 5.91 Å². The van der Waals surface area contributed by atoms with Crippen molar-refractivity contribution in [2.45, 2.75) is 6.54 Å². The van der Waals surface area contributed by atoms with Crippen LogP contribution in [0.1, 0.15) is 0 Å². The summed E-state index contributed by atoms with van der Waals surface area (Å²) in [6.07, 6.45) is 2.80. The molecule has 1 aromatic heterocycles. The molecule has 0 aliphatic heterocycles. The Kier molecular flexibility index (Phi) is 4.72. The lowest BCUT2D eigenvalue weighted by atomic mass is 10.3. The Hall–Kier alpha value is -1.90. The molecule has 0 aliphatic rings. The first-order valence-corrected chi connectivity index (χ1v) is 6.82. The maximum atomic E-state index is 11.9. The third-order valence-electron chi connectivity index (χ3n) is 2.55. The molecule has 0 atom stereocenters. The molecule has 1 N–H and O–H groups in total. The molecule has 104 valence electrons.